The Hall–Kier alpha value is -1.77. The van der Waals surface area contributed by atoms with Crippen molar-refractivity contribution < 1.29 is 0 Å². The highest BCUT2D eigenvalue weighted by Crippen LogP contribution is 2.18. The van der Waals surface area contributed by atoms with Crippen LogP contribution >= 0.6 is 0 Å². The predicted molar refractivity (Wildman–Crippen MR) is 61.6 cm³/mol. The maximum absolute atomic E-state index is 5.73. The number of nitrogens with one attached hydrogen (secondary N) is 1. The highest BCUT2D eigenvalue weighted by molar-refractivity contribution is 5.40. The molecule has 1 heterocycles. The van der Waals surface area contributed by atoms with Crippen molar-refractivity contribution in [1.82, 2.24) is 9.97 Å². The zero-order valence-electron chi connectivity index (χ0n) is 8.77. The van der Waals surface area contributed by atoms with Crippen LogP contribution in [0.15, 0.2) is 36.7 Å². The molecule has 2 rings (SSSR count). The number of nitrogens with zero attached hydrogens (tertiary/aromatic N) is 1. The molecule has 2 aromatic rings. The molecule has 0 spiro atoms. The van der Waals surface area contributed by atoms with Gasteiger partial charge in [0.2, 0.25) is 0 Å². The van der Waals surface area contributed by atoms with Gasteiger partial charge in [0.25, 0.3) is 0 Å². The summed E-state index contributed by atoms with van der Waals surface area (Å²) in [6, 6.07) is 8.00. The molecule has 0 saturated carbocycles. The van der Waals surface area contributed by atoms with Gasteiger partial charge in [-0.25, -0.2) is 4.98 Å². The fourth-order valence-electron chi connectivity index (χ4n) is 1.72. The van der Waals surface area contributed by atoms with Gasteiger partial charge in [0.05, 0.1) is 0 Å². The number of imidazole rings is 1. The highest BCUT2D eigenvalue weighted by atomic mass is 14.9. The lowest BCUT2D eigenvalue weighted by Gasteiger charge is -2.08. The van der Waals surface area contributed by atoms with E-state index in [0.717, 1.165) is 17.9 Å². The molecule has 0 aliphatic carbocycles. The second kappa shape index (κ2) is 4.17. The molecule has 0 aliphatic heterocycles. The largest absolute Gasteiger partial charge is 0.399 e. The van der Waals surface area contributed by atoms with Crippen LogP contribution in [0.5, 0.6) is 0 Å². The van der Waals surface area contributed by atoms with Crippen LogP contribution in [-0.4, -0.2) is 9.97 Å². The number of benzene rings is 1. The summed E-state index contributed by atoms with van der Waals surface area (Å²) < 4.78 is 0. The Morgan fingerprint density at radius 3 is 3.00 bits per heavy atom. The fraction of sp³-hybridized carbons (Fsp3) is 0.250. The molecular formula is C12H15N3. The van der Waals surface area contributed by atoms with Crippen LogP contribution in [0.25, 0.3) is 0 Å². The van der Waals surface area contributed by atoms with Crippen LogP contribution in [0.2, 0.25) is 0 Å². The first-order chi connectivity index (χ1) is 7.25. The molecule has 3 heteroatoms. The van der Waals surface area contributed by atoms with E-state index < -0.39 is 0 Å². The molecule has 1 atom stereocenters. The number of hydrogen-bond acceptors (Lipinski definition) is 2. The summed E-state index contributed by atoms with van der Waals surface area (Å²) in [7, 11) is 0. The third kappa shape index (κ3) is 2.37. The van der Waals surface area contributed by atoms with Crippen molar-refractivity contribution in [3.63, 3.8) is 0 Å². The van der Waals surface area contributed by atoms with Crippen LogP contribution in [0, 0.1) is 0 Å². The van der Waals surface area contributed by atoms with E-state index in [2.05, 4.69) is 23.0 Å². The van der Waals surface area contributed by atoms with E-state index in [0.29, 0.717) is 5.92 Å². The second-order valence-electron chi connectivity index (χ2n) is 3.82. The lowest BCUT2D eigenvalue weighted by atomic mass is 10.0. The van der Waals surface area contributed by atoms with E-state index in [1.54, 1.807) is 6.20 Å². The minimum atomic E-state index is 0.391. The molecule has 1 aromatic heterocycles. The Kier molecular flexibility index (Phi) is 2.72. The molecule has 0 amide bonds. The van der Waals surface area contributed by atoms with Gasteiger partial charge in [-0.2, -0.15) is 0 Å². The highest BCUT2D eigenvalue weighted by Gasteiger charge is 2.08. The summed E-state index contributed by atoms with van der Waals surface area (Å²) in [4.78, 5) is 7.38. The SMILES string of the molecule is CC(Cc1cccc(N)c1)c1ncc[nH]1. The van der Waals surface area contributed by atoms with E-state index in [1.165, 1.54) is 5.56 Å². The number of hydrogen-bond donors (Lipinski definition) is 2. The molecule has 3 nitrogen and oxygen atoms in total. The first-order valence-electron chi connectivity index (χ1n) is 5.09. The summed E-state index contributed by atoms with van der Waals surface area (Å²) in [6.45, 7) is 2.15. The lowest BCUT2D eigenvalue weighted by molar-refractivity contribution is 0.710. The zero-order valence-corrected chi connectivity index (χ0v) is 8.77. The van der Waals surface area contributed by atoms with Gasteiger partial charge in [0.15, 0.2) is 0 Å². The minimum absolute atomic E-state index is 0.391. The molecule has 1 aromatic carbocycles. The Morgan fingerprint density at radius 2 is 2.33 bits per heavy atom. The Labute approximate surface area is 89.4 Å². The predicted octanol–water partition coefficient (Wildman–Crippen LogP) is 2.34. The molecule has 78 valence electrons. The van der Waals surface area contributed by atoms with Crippen molar-refractivity contribution in [2.75, 3.05) is 5.73 Å². The lowest BCUT2D eigenvalue weighted by Crippen LogP contribution is -2.01. The molecule has 0 aliphatic rings. The van der Waals surface area contributed by atoms with E-state index in [-0.39, 0.29) is 0 Å². The average Bonchev–Trinajstić information content (AvgIpc) is 2.70. The van der Waals surface area contributed by atoms with E-state index >= 15 is 0 Å². The Balaban J connectivity index is 2.09. The number of aromatic nitrogens is 2. The van der Waals surface area contributed by atoms with Crippen molar-refractivity contribution in [1.29, 1.82) is 0 Å². The zero-order chi connectivity index (χ0) is 10.7. The quantitative estimate of drug-likeness (QED) is 0.749. The minimum Gasteiger partial charge on any atom is -0.399 e. The Bertz CT molecular complexity index is 420. The second-order valence-corrected chi connectivity index (χ2v) is 3.82. The molecular weight excluding hydrogens is 186 g/mol. The summed E-state index contributed by atoms with van der Waals surface area (Å²) >= 11 is 0. The van der Waals surface area contributed by atoms with Gasteiger partial charge in [-0.1, -0.05) is 19.1 Å². The van der Waals surface area contributed by atoms with Crippen LogP contribution in [0.4, 0.5) is 5.69 Å². The van der Waals surface area contributed by atoms with Crippen LogP contribution in [-0.2, 0) is 6.42 Å². The smallest absolute Gasteiger partial charge is 0.109 e. The molecule has 15 heavy (non-hydrogen) atoms. The molecule has 0 saturated heterocycles. The number of nitrogen functional groups attached to an aromatic ring is 1. The van der Waals surface area contributed by atoms with Gasteiger partial charge < -0.3 is 10.7 Å². The van der Waals surface area contributed by atoms with E-state index in [9.17, 15) is 0 Å². The van der Waals surface area contributed by atoms with Crippen LogP contribution < -0.4 is 5.73 Å². The number of anilines is 1. The van der Waals surface area contributed by atoms with Crippen LogP contribution in [0.3, 0.4) is 0 Å². The number of nitrogens with two attached hydrogens (primary N) is 1. The van der Waals surface area contributed by atoms with Crippen LogP contribution in [0.1, 0.15) is 24.2 Å². The first-order valence-corrected chi connectivity index (χ1v) is 5.09. The monoisotopic (exact) mass is 201 g/mol. The molecule has 1 unspecified atom stereocenters. The third-order valence-electron chi connectivity index (χ3n) is 2.48. The summed E-state index contributed by atoms with van der Waals surface area (Å²) in [5.41, 5.74) is 7.80. The van der Waals surface area contributed by atoms with Crippen molar-refractivity contribution in [2.45, 2.75) is 19.3 Å². The van der Waals surface area contributed by atoms with Crippen molar-refractivity contribution in [3.8, 4) is 0 Å². The number of H-pyrrole nitrogens is 1. The van der Waals surface area contributed by atoms with E-state index in [4.69, 9.17) is 5.73 Å². The fourth-order valence-corrected chi connectivity index (χ4v) is 1.72. The normalized spacial score (nSPS) is 12.6. The topological polar surface area (TPSA) is 54.7 Å². The maximum atomic E-state index is 5.73. The van der Waals surface area contributed by atoms with Gasteiger partial charge in [0, 0.05) is 24.0 Å². The average molecular weight is 201 g/mol. The standard InChI is InChI=1S/C12H15N3/c1-9(12-14-5-6-15-12)7-10-3-2-4-11(13)8-10/h2-6,8-9H,7,13H2,1H3,(H,14,15). The van der Waals surface area contributed by atoms with Gasteiger partial charge in [0.1, 0.15) is 5.82 Å². The maximum Gasteiger partial charge on any atom is 0.109 e. The van der Waals surface area contributed by atoms with Gasteiger partial charge in [-0.05, 0) is 24.1 Å². The number of rotatable bonds is 3. The van der Waals surface area contributed by atoms with Gasteiger partial charge in [-0.15, -0.1) is 0 Å². The Morgan fingerprint density at radius 1 is 1.47 bits per heavy atom. The molecule has 0 bridgehead atoms. The van der Waals surface area contributed by atoms with E-state index in [1.807, 2.05) is 24.4 Å². The van der Waals surface area contributed by atoms with Gasteiger partial charge in [-0.3, -0.25) is 0 Å². The summed E-state index contributed by atoms with van der Waals surface area (Å²) in [5, 5.41) is 0. The first kappa shape index (κ1) is 9.77. The van der Waals surface area contributed by atoms with Crippen molar-refractivity contribution in [2.24, 2.45) is 0 Å². The molecule has 0 radical (unpaired) electrons. The molecule has 0 fully saturated rings. The molecule has 3 N–H and O–H groups in total. The third-order valence-corrected chi connectivity index (χ3v) is 2.48. The summed E-state index contributed by atoms with van der Waals surface area (Å²) in [6.07, 6.45) is 4.59. The number of aromatic amines is 1. The van der Waals surface area contributed by atoms with Gasteiger partial charge >= 0.3 is 0 Å². The van der Waals surface area contributed by atoms with Crippen molar-refractivity contribution >= 4 is 5.69 Å². The van der Waals surface area contributed by atoms with Crippen molar-refractivity contribution in [3.05, 3.63) is 48.0 Å². The summed E-state index contributed by atoms with van der Waals surface area (Å²) in [5.74, 6) is 1.42.